The smallest absolute Gasteiger partial charge is 0.231 e. The van der Waals surface area contributed by atoms with Crippen LogP contribution in [0.15, 0.2) is 48.8 Å². The first kappa shape index (κ1) is 23.1. The molecule has 3 aromatic heterocycles. The molecule has 1 fully saturated rings. The van der Waals surface area contributed by atoms with Gasteiger partial charge in [-0.2, -0.15) is 0 Å². The molecular weight excluding hydrogens is 440 g/mol. The molecule has 9 heteroatoms. The number of carbonyl (C=O) groups is 1. The van der Waals surface area contributed by atoms with E-state index in [0.29, 0.717) is 36.4 Å². The Balaban J connectivity index is 1.41. The summed E-state index contributed by atoms with van der Waals surface area (Å²) in [6.07, 6.45) is 5.59. The highest BCUT2D eigenvalue weighted by molar-refractivity contribution is 6.29. The summed E-state index contributed by atoms with van der Waals surface area (Å²) in [5, 5.41) is 8.97. The normalized spacial score (nSPS) is 15.9. The molecule has 3 aromatic rings. The van der Waals surface area contributed by atoms with Gasteiger partial charge in [0.15, 0.2) is 5.82 Å². The predicted octanol–water partition coefficient (Wildman–Crippen LogP) is 3.51. The molecule has 0 N–H and O–H groups in total. The van der Waals surface area contributed by atoms with Crippen molar-refractivity contribution in [3.63, 3.8) is 0 Å². The van der Waals surface area contributed by atoms with Crippen LogP contribution in [0.4, 0.5) is 5.82 Å². The summed E-state index contributed by atoms with van der Waals surface area (Å²) >= 11 is 6.09. The number of amides is 1. The molecule has 0 spiro atoms. The molecule has 4 rings (SSSR count). The maximum absolute atomic E-state index is 13.1. The number of rotatable bonds is 9. The van der Waals surface area contributed by atoms with E-state index in [2.05, 4.69) is 25.1 Å². The van der Waals surface area contributed by atoms with E-state index in [9.17, 15) is 4.79 Å². The van der Waals surface area contributed by atoms with Crippen molar-refractivity contribution in [3.05, 3.63) is 59.5 Å². The first-order valence-electron chi connectivity index (χ1n) is 11.0. The third-order valence-electron chi connectivity index (χ3n) is 5.58. The Hall–Kier alpha value is -3.10. The van der Waals surface area contributed by atoms with E-state index in [1.54, 1.807) is 23.4 Å². The summed E-state index contributed by atoms with van der Waals surface area (Å²) in [4.78, 5) is 25.3. The lowest BCUT2D eigenvalue weighted by atomic mass is 9.99. The second kappa shape index (κ2) is 10.7. The third-order valence-corrected chi connectivity index (χ3v) is 5.79. The topological polar surface area (TPSA) is 84.3 Å². The maximum atomic E-state index is 13.1. The fourth-order valence-electron chi connectivity index (χ4n) is 3.84. The van der Waals surface area contributed by atoms with Crippen molar-refractivity contribution in [3.8, 4) is 17.1 Å². The van der Waals surface area contributed by atoms with Gasteiger partial charge in [-0.05, 0) is 63.7 Å². The molecule has 1 amide bonds. The molecule has 0 saturated carbocycles. The van der Waals surface area contributed by atoms with E-state index >= 15 is 0 Å². The summed E-state index contributed by atoms with van der Waals surface area (Å²) in [5.41, 5.74) is 2.57. The minimum atomic E-state index is -0.168. The van der Waals surface area contributed by atoms with E-state index in [-0.39, 0.29) is 11.8 Å². The highest BCUT2D eigenvalue weighted by Gasteiger charge is 2.34. The summed E-state index contributed by atoms with van der Waals surface area (Å²) < 4.78 is 5.91. The highest BCUT2D eigenvalue weighted by atomic mass is 35.5. The number of hydrogen-bond donors (Lipinski definition) is 0. The second-order valence-corrected chi connectivity index (χ2v) is 8.68. The Morgan fingerprint density at radius 2 is 1.94 bits per heavy atom. The van der Waals surface area contributed by atoms with Crippen molar-refractivity contribution in [2.75, 3.05) is 38.7 Å². The minimum Gasteiger partial charge on any atom is -0.477 e. The molecule has 0 bridgehead atoms. The zero-order valence-corrected chi connectivity index (χ0v) is 19.6. The van der Waals surface area contributed by atoms with Crippen LogP contribution in [0.25, 0.3) is 11.3 Å². The maximum Gasteiger partial charge on any atom is 0.231 e. The van der Waals surface area contributed by atoms with Crippen molar-refractivity contribution in [2.45, 2.75) is 19.3 Å². The monoisotopic (exact) mass is 466 g/mol. The van der Waals surface area contributed by atoms with Crippen LogP contribution >= 0.6 is 11.6 Å². The van der Waals surface area contributed by atoms with Crippen molar-refractivity contribution in [2.24, 2.45) is 5.92 Å². The molecule has 1 unspecified atom stereocenters. The summed E-state index contributed by atoms with van der Waals surface area (Å²) in [7, 11) is 4.05. The Morgan fingerprint density at radius 1 is 1.12 bits per heavy atom. The molecular formula is C24H27ClN6O2. The summed E-state index contributed by atoms with van der Waals surface area (Å²) in [6, 6.07) is 11.1. The van der Waals surface area contributed by atoms with E-state index < -0.39 is 0 Å². The molecule has 1 saturated heterocycles. The van der Waals surface area contributed by atoms with Crippen LogP contribution in [0.1, 0.15) is 18.4 Å². The van der Waals surface area contributed by atoms with Gasteiger partial charge in [0.1, 0.15) is 5.15 Å². The lowest BCUT2D eigenvalue weighted by Crippen LogP contribution is -2.28. The molecule has 4 heterocycles. The van der Waals surface area contributed by atoms with Gasteiger partial charge in [0.25, 0.3) is 0 Å². The van der Waals surface area contributed by atoms with Gasteiger partial charge < -0.3 is 9.64 Å². The van der Waals surface area contributed by atoms with Crippen molar-refractivity contribution >= 4 is 23.3 Å². The van der Waals surface area contributed by atoms with Gasteiger partial charge in [-0.15, -0.1) is 10.2 Å². The number of aromatic nitrogens is 4. The second-order valence-electron chi connectivity index (χ2n) is 8.30. The number of ether oxygens (including phenoxy) is 1. The van der Waals surface area contributed by atoms with Gasteiger partial charge in [-0.25, -0.2) is 4.98 Å². The lowest BCUT2D eigenvalue weighted by Gasteiger charge is -2.16. The molecule has 8 nitrogen and oxygen atoms in total. The van der Waals surface area contributed by atoms with Gasteiger partial charge in [-0.3, -0.25) is 14.7 Å². The van der Waals surface area contributed by atoms with E-state index in [4.69, 9.17) is 16.3 Å². The van der Waals surface area contributed by atoms with Gasteiger partial charge in [0, 0.05) is 42.5 Å². The van der Waals surface area contributed by atoms with Crippen molar-refractivity contribution in [1.82, 2.24) is 25.1 Å². The van der Waals surface area contributed by atoms with Gasteiger partial charge in [-0.1, -0.05) is 17.7 Å². The van der Waals surface area contributed by atoms with Crippen LogP contribution < -0.4 is 9.64 Å². The number of nitrogens with zero attached hydrogens (tertiary/aromatic N) is 6. The average Bonchev–Trinajstić information content (AvgIpc) is 3.19. The summed E-state index contributed by atoms with van der Waals surface area (Å²) in [6.45, 7) is 2.07. The number of pyridine rings is 2. The zero-order valence-electron chi connectivity index (χ0n) is 18.8. The standard InChI is InChI=1S/C24H27ClN6O2/c1-30(2)13-3-15-33-23-18(4-6-21(25)27-23)16-19-10-14-31(24(19)32)22-7-5-20(28-29-22)17-8-11-26-12-9-17/h4-9,11-12,19H,3,10,13-16H2,1-2H3. The Morgan fingerprint density at radius 3 is 2.67 bits per heavy atom. The van der Waals surface area contributed by atoms with Gasteiger partial charge in [0.2, 0.25) is 11.8 Å². The molecule has 1 atom stereocenters. The minimum absolute atomic E-state index is 0.0365. The van der Waals surface area contributed by atoms with E-state index in [0.717, 1.165) is 36.2 Å². The Bertz CT molecular complexity index is 1080. The van der Waals surface area contributed by atoms with Crippen LogP contribution in [0.2, 0.25) is 5.15 Å². The first-order chi connectivity index (χ1) is 16.0. The third kappa shape index (κ3) is 5.83. The van der Waals surface area contributed by atoms with Crippen LogP contribution in [-0.4, -0.2) is 64.8 Å². The molecule has 0 aromatic carbocycles. The number of halogens is 1. The van der Waals surface area contributed by atoms with Gasteiger partial charge in [0.05, 0.1) is 12.3 Å². The van der Waals surface area contributed by atoms with Crippen LogP contribution in [0, 0.1) is 5.92 Å². The molecule has 172 valence electrons. The largest absolute Gasteiger partial charge is 0.477 e. The van der Waals surface area contributed by atoms with E-state index in [1.807, 2.05) is 44.4 Å². The fraction of sp³-hybridized carbons (Fsp3) is 0.375. The quantitative estimate of drug-likeness (QED) is 0.352. The SMILES string of the molecule is CN(C)CCCOc1nc(Cl)ccc1CC1CCN(c2ccc(-c3ccncc3)nn2)C1=O. The van der Waals surface area contributed by atoms with Crippen LogP contribution in [0.5, 0.6) is 5.88 Å². The first-order valence-corrected chi connectivity index (χ1v) is 11.4. The molecule has 1 aliphatic rings. The average molecular weight is 467 g/mol. The van der Waals surface area contributed by atoms with Crippen molar-refractivity contribution in [1.29, 1.82) is 0 Å². The van der Waals surface area contributed by atoms with E-state index in [1.165, 1.54) is 0 Å². The number of anilines is 1. The number of hydrogen-bond acceptors (Lipinski definition) is 7. The molecule has 0 radical (unpaired) electrons. The lowest BCUT2D eigenvalue weighted by molar-refractivity contribution is -0.120. The Kier molecular flexibility index (Phi) is 7.47. The zero-order chi connectivity index (χ0) is 23.2. The van der Waals surface area contributed by atoms with Crippen molar-refractivity contribution < 1.29 is 9.53 Å². The fourth-order valence-corrected chi connectivity index (χ4v) is 3.98. The predicted molar refractivity (Wildman–Crippen MR) is 127 cm³/mol. The summed E-state index contributed by atoms with van der Waals surface area (Å²) in [5.74, 6) is 0.942. The highest BCUT2D eigenvalue weighted by Crippen LogP contribution is 2.30. The van der Waals surface area contributed by atoms with Crippen LogP contribution in [-0.2, 0) is 11.2 Å². The van der Waals surface area contributed by atoms with Crippen LogP contribution in [0.3, 0.4) is 0 Å². The molecule has 0 aliphatic carbocycles. The number of carbonyl (C=O) groups excluding carboxylic acids is 1. The molecule has 1 aliphatic heterocycles. The van der Waals surface area contributed by atoms with Gasteiger partial charge >= 0.3 is 0 Å². The molecule has 33 heavy (non-hydrogen) atoms. The Labute approximate surface area is 198 Å².